The molecular formula is C12H16O4. The number of benzene rings is 1. The van der Waals surface area contributed by atoms with Crippen LogP contribution in [0.4, 0.5) is 0 Å². The third-order valence-electron chi connectivity index (χ3n) is 2.22. The number of hydrogen-bond acceptors (Lipinski definition) is 4. The highest BCUT2D eigenvalue weighted by atomic mass is 16.5. The fraction of sp³-hybridized carbons (Fsp3) is 0.417. The van der Waals surface area contributed by atoms with Gasteiger partial charge in [-0.05, 0) is 24.3 Å². The molecule has 1 unspecified atom stereocenters. The molecule has 2 N–H and O–H groups in total. The van der Waals surface area contributed by atoms with Crippen molar-refractivity contribution < 1.29 is 19.7 Å². The van der Waals surface area contributed by atoms with Gasteiger partial charge in [-0.25, -0.2) is 0 Å². The molecule has 1 rings (SSSR count). The first-order valence-electron chi connectivity index (χ1n) is 5.18. The van der Waals surface area contributed by atoms with E-state index in [1.165, 1.54) is 0 Å². The van der Waals surface area contributed by atoms with Crippen LogP contribution >= 0.6 is 0 Å². The van der Waals surface area contributed by atoms with Crippen molar-refractivity contribution in [3.63, 3.8) is 0 Å². The van der Waals surface area contributed by atoms with Gasteiger partial charge in [-0.15, -0.1) is 0 Å². The summed E-state index contributed by atoms with van der Waals surface area (Å²) < 4.78 is 5.17. The third kappa shape index (κ3) is 3.32. The first-order chi connectivity index (χ1) is 7.69. The van der Waals surface area contributed by atoms with E-state index in [0.29, 0.717) is 11.3 Å². The molecule has 1 aromatic rings. The Labute approximate surface area is 94.5 Å². The molecule has 0 radical (unpaired) electrons. The van der Waals surface area contributed by atoms with Crippen LogP contribution in [0.3, 0.4) is 0 Å². The average Bonchev–Trinajstić information content (AvgIpc) is 2.35. The topological polar surface area (TPSA) is 66.8 Å². The maximum Gasteiger partial charge on any atom is 0.167 e. The minimum Gasteiger partial charge on any atom is -0.491 e. The lowest BCUT2D eigenvalue weighted by atomic mass is 10.0. The lowest BCUT2D eigenvalue weighted by molar-refractivity contribution is 0.0877. The largest absolute Gasteiger partial charge is 0.491 e. The summed E-state index contributed by atoms with van der Waals surface area (Å²) in [5, 5.41) is 17.4. The zero-order valence-corrected chi connectivity index (χ0v) is 9.22. The van der Waals surface area contributed by atoms with E-state index in [-0.39, 0.29) is 31.5 Å². The van der Waals surface area contributed by atoms with Crippen molar-refractivity contribution in [1.29, 1.82) is 0 Å². The summed E-state index contributed by atoms with van der Waals surface area (Å²) in [6.07, 6.45) is 0. The Hall–Kier alpha value is -1.39. The van der Waals surface area contributed by atoms with Crippen molar-refractivity contribution >= 4 is 5.78 Å². The number of ether oxygens (including phenoxy) is 1. The molecule has 0 bridgehead atoms. The Morgan fingerprint density at radius 2 is 1.94 bits per heavy atom. The van der Waals surface area contributed by atoms with Gasteiger partial charge in [0.2, 0.25) is 0 Å². The van der Waals surface area contributed by atoms with Crippen molar-refractivity contribution in [2.24, 2.45) is 5.92 Å². The second-order valence-corrected chi connectivity index (χ2v) is 3.54. The zero-order valence-electron chi connectivity index (χ0n) is 9.22. The number of carbonyl (C=O) groups is 1. The number of carbonyl (C=O) groups excluding carboxylic acids is 1. The van der Waals surface area contributed by atoms with Crippen LogP contribution in [0.2, 0.25) is 0 Å². The first-order valence-corrected chi connectivity index (χ1v) is 5.18. The quantitative estimate of drug-likeness (QED) is 0.703. The molecule has 88 valence electrons. The van der Waals surface area contributed by atoms with Crippen molar-refractivity contribution in [3.8, 4) is 5.75 Å². The summed E-state index contributed by atoms with van der Waals surface area (Å²) in [5.74, 6) is 0.141. The summed E-state index contributed by atoms with van der Waals surface area (Å²) in [7, 11) is 0. The molecule has 0 aliphatic carbocycles. The van der Waals surface area contributed by atoms with E-state index in [4.69, 9.17) is 14.9 Å². The van der Waals surface area contributed by atoms with Gasteiger partial charge in [0.25, 0.3) is 0 Å². The van der Waals surface area contributed by atoms with Crippen molar-refractivity contribution in [3.05, 3.63) is 29.8 Å². The predicted octanol–water partition coefficient (Wildman–Crippen LogP) is 0.869. The van der Waals surface area contributed by atoms with Crippen molar-refractivity contribution in [2.45, 2.75) is 6.92 Å². The van der Waals surface area contributed by atoms with Crippen LogP contribution in [-0.2, 0) is 0 Å². The van der Waals surface area contributed by atoms with E-state index in [9.17, 15) is 4.79 Å². The van der Waals surface area contributed by atoms with Crippen LogP contribution in [0, 0.1) is 5.92 Å². The SMILES string of the molecule is CC(CO)C(=O)c1ccc(OCCO)cc1. The Balaban J connectivity index is 2.67. The van der Waals surface area contributed by atoms with Crippen molar-refractivity contribution in [1.82, 2.24) is 0 Å². The van der Waals surface area contributed by atoms with E-state index >= 15 is 0 Å². The molecule has 0 aliphatic rings. The van der Waals surface area contributed by atoms with E-state index in [1.807, 2.05) is 0 Å². The number of ketones is 1. The van der Waals surface area contributed by atoms with Gasteiger partial charge in [-0.1, -0.05) is 6.92 Å². The Morgan fingerprint density at radius 3 is 2.44 bits per heavy atom. The van der Waals surface area contributed by atoms with Gasteiger partial charge in [-0.3, -0.25) is 4.79 Å². The molecular weight excluding hydrogens is 208 g/mol. The van der Waals surface area contributed by atoms with Crippen LogP contribution in [-0.4, -0.2) is 35.8 Å². The van der Waals surface area contributed by atoms with Crippen LogP contribution in [0.5, 0.6) is 5.75 Å². The Bertz CT molecular complexity index is 331. The number of Topliss-reactive ketones (excluding diaryl/α,β-unsaturated/α-hetero) is 1. The van der Waals surface area contributed by atoms with Gasteiger partial charge < -0.3 is 14.9 Å². The fourth-order valence-electron chi connectivity index (χ4n) is 1.25. The average molecular weight is 224 g/mol. The van der Waals surface area contributed by atoms with Gasteiger partial charge in [0.15, 0.2) is 5.78 Å². The molecule has 4 heteroatoms. The van der Waals surface area contributed by atoms with E-state index in [0.717, 1.165) is 0 Å². The molecule has 0 saturated carbocycles. The summed E-state index contributed by atoms with van der Waals surface area (Å²) >= 11 is 0. The molecule has 0 aliphatic heterocycles. The monoisotopic (exact) mass is 224 g/mol. The number of aliphatic hydroxyl groups is 2. The highest BCUT2D eigenvalue weighted by Crippen LogP contribution is 2.14. The smallest absolute Gasteiger partial charge is 0.167 e. The van der Waals surface area contributed by atoms with Gasteiger partial charge in [0, 0.05) is 11.5 Å². The molecule has 0 fully saturated rings. The van der Waals surface area contributed by atoms with E-state index in [2.05, 4.69) is 0 Å². The minimum absolute atomic E-state index is 0.0395. The molecule has 16 heavy (non-hydrogen) atoms. The van der Waals surface area contributed by atoms with Gasteiger partial charge in [0.05, 0.1) is 13.2 Å². The standard InChI is InChI=1S/C12H16O4/c1-9(8-14)12(15)10-2-4-11(5-3-10)16-7-6-13/h2-5,9,13-14H,6-8H2,1H3. The highest BCUT2D eigenvalue weighted by molar-refractivity contribution is 5.97. The minimum atomic E-state index is -0.385. The maximum atomic E-state index is 11.7. The molecule has 0 amide bonds. The third-order valence-corrected chi connectivity index (χ3v) is 2.22. The lowest BCUT2D eigenvalue weighted by Gasteiger charge is -2.08. The fourth-order valence-corrected chi connectivity index (χ4v) is 1.25. The van der Waals surface area contributed by atoms with Gasteiger partial charge >= 0.3 is 0 Å². The molecule has 4 nitrogen and oxygen atoms in total. The Morgan fingerprint density at radius 1 is 1.31 bits per heavy atom. The molecule has 0 aromatic heterocycles. The summed E-state index contributed by atoms with van der Waals surface area (Å²) in [4.78, 5) is 11.7. The maximum absolute atomic E-state index is 11.7. The molecule has 1 aromatic carbocycles. The molecule has 1 atom stereocenters. The van der Waals surface area contributed by atoms with Crippen LogP contribution in [0.1, 0.15) is 17.3 Å². The van der Waals surface area contributed by atoms with E-state index in [1.54, 1.807) is 31.2 Å². The first kappa shape index (κ1) is 12.7. The summed E-state index contributed by atoms with van der Waals surface area (Å²) in [5.41, 5.74) is 0.554. The highest BCUT2D eigenvalue weighted by Gasteiger charge is 2.13. The number of rotatable bonds is 6. The molecule has 0 spiro atoms. The molecule has 0 saturated heterocycles. The van der Waals surface area contributed by atoms with Crippen LogP contribution < -0.4 is 4.74 Å². The zero-order chi connectivity index (χ0) is 12.0. The predicted molar refractivity (Wildman–Crippen MR) is 59.6 cm³/mol. The normalized spacial score (nSPS) is 12.2. The van der Waals surface area contributed by atoms with Gasteiger partial charge in [0.1, 0.15) is 12.4 Å². The lowest BCUT2D eigenvalue weighted by Crippen LogP contribution is -2.14. The van der Waals surface area contributed by atoms with Crippen molar-refractivity contribution in [2.75, 3.05) is 19.8 Å². The van der Waals surface area contributed by atoms with Crippen LogP contribution in [0.15, 0.2) is 24.3 Å². The Kier molecular flexibility index (Phi) is 4.95. The number of aliphatic hydroxyl groups excluding tert-OH is 2. The van der Waals surface area contributed by atoms with Gasteiger partial charge in [-0.2, -0.15) is 0 Å². The second kappa shape index (κ2) is 6.25. The van der Waals surface area contributed by atoms with E-state index < -0.39 is 0 Å². The van der Waals surface area contributed by atoms with Crippen LogP contribution in [0.25, 0.3) is 0 Å². The summed E-state index contributed by atoms with van der Waals surface area (Å²) in [6, 6.07) is 6.66. The second-order valence-electron chi connectivity index (χ2n) is 3.54. The number of hydrogen-bond donors (Lipinski definition) is 2. The summed E-state index contributed by atoms with van der Waals surface area (Å²) in [6.45, 7) is 1.72. The molecule has 0 heterocycles.